The van der Waals surface area contributed by atoms with E-state index in [9.17, 15) is 24.0 Å². The molecule has 5 amide bonds. The lowest BCUT2D eigenvalue weighted by Crippen LogP contribution is -2.54. The lowest BCUT2D eigenvalue weighted by atomic mass is 9.95. The summed E-state index contributed by atoms with van der Waals surface area (Å²) in [4.78, 5) is 71.5. The lowest BCUT2D eigenvalue weighted by Gasteiger charge is -2.40. The molecule has 10 rings (SSSR count). The van der Waals surface area contributed by atoms with Crippen molar-refractivity contribution in [2.75, 3.05) is 55.4 Å². The van der Waals surface area contributed by atoms with Gasteiger partial charge in [-0.2, -0.15) is 10.1 Å². The Morgan fingerprint density at radius 1 is 0.882 bits per heavy atom. The van der Waals surface area contributed by atoms with Crippen molar-refractivity contribution in [3.8, 4) is 22.4 Å². The number of rotatable bonds is 10. The van der Waals surface area contributed by atoms with Crippen LogP contribution in [0.3, 0.4) is 0 Å². The number of carbonyl (C=O) groups excluding carboxylic acids is 5. The highest BCUT2D eigenvalue weighted by atomic mass is 19.1. The number of H-pyrrole nitrogens is 1. The Bertz CT molecular complexity index is 3340. The van der Waals surface area contributed by atoms with Crippen molar-refractivity contribution in [1.82, 2.24) is 40.8 Å². The Morgan fingerprint density at radius 2 is 1.62 bits per heavy atom. The molecule has 4 aliphatic rings. The molecule has 4 aliphatic heterocycles. The smallest absolute Gasteiger partial charge is 0.315 e. The number of hydrogen-bond donors (Lipinski definition) is 3. The molecule has 16 nitrogen and oxygen atoms in total. The van der Waals surface area contributed by atoms with Crippen molar-refractivity contribution in [1.29, 1.82) is 0 Å². The molecule has 0 saturated carbocycles. The number of nitrogens with zero attached hydrogens (tertiary/aromatic N) is 7. The van der Waals surface area contributed by atoms with Crippen LogP contribution < -0.4 is 20.4 Å². The number of piperidine rings is 2. The number of anilines is 2. The lowest BCUT2D eigenvalue weighted by molar-refractivity contribution is -0.136. The van der Waals surface area contributed by atoms with Crippen LogP contribution in [-0.4, -0.2) is 111 Å². The number of imide groups is 2. The maximum Gasteiger partial charge on any atom is 0.315 e. The molecule has 1 atom stereocenters. The van der Waals surface area contributed by atoms with Crippen LogP contribution in [0.4, 0.5) is 15.8 Å². The Hall–Kier alpha value is -7.27. The number of amides is 5. The fraction of sp³-hybridized carbons (Fsp3) is 0.373. The molecular weight excluding hydrogens is 868 g/mol. The third-order valence-corrected chi connectivity index (χ3v) is 12.9. The van der Waals surface area contributed by atoms with Gasteiger partial charge in [-0.25, -0.2) is 4.39 Å². The van der Waals surface area contributed by atoms with Gasteiger partial charge in [0, 0.05) is 86.1 Å². The normalized spacial score (nSPS) is 23.1. The third-order valence-electron chi connectivity index (χ3n) is 12.9. The van der Waals surface area contributed by atoms with E-state index in [0.29, 0.717) is 41.6 Å². The second kappa shape index (κ2) is 17.8. The van der Waals surface area contributed by atoms with Gasteiger partial charge in [0.2, 0.25) is 11.8 Å². The van der Waals surface area contributed by atoms with E-state index < -0.39 is 90.1 Å². The molecule has 0 spiro atoms. The molecule has 0 bridgehead atoms. The minimum atomic E-state index is -3.47. The molecule has 6 aromatic rings. The van der Waals surface area contributed by atoms with Gasteiger partial charge in [0.05, 0.1) is 33.5 Å². The molecule has 17 heteroatoms. The van der Waals surface area contributed by atoms with Crippen molar-refractivity contribution >= 4 is 51.8 Å². The number of fused-ring (bicyclic) bond motifs is 2. The Balaban J connectivity index is 0.796. The van der Waals surface area contributed by atoms with E-state index in [1.54, 1.807) is 0 Å². The van der Waals surface area contributed by atoms with Crippen LogP contribution in [0.25, 0.3) is 33.3 Å². The highest BCUT2D eigenvalue weighted by Crippen LogP contribution is 2.36. The minimum absolute atomic E-state index is 0.0191. The number of benzene rings is 4. The molecule has 0 radical (unpaired) electrons. The topological polar surface area (TPSA) is 190 Å². The van der Waals surface area contributed by atoms with E-state index in [-0.39, 0.29) is 42.1 Å². The molecule has 1 unspecified atom stereocenters. The van der Waals surface area contributed by atoms with Gasteiger partial charge in [-0.1, -0.05) is 56.3 Å². The Morgan fingerprint density at radius 3 is 2.32 bits per heavy atom. The van der Waals surface area contributed by atoms with Gasteiger partial charge in [-0.3, -0.25) is 44.2 Å². The van der Waals surface area contributed by atoms with Crippen LogP contribution in [0.2, 0.25) is 0 Å². The average molecular weight is 929 g/mol. The third kappa shape index (κ3) is 8.50. The summed E-state index contributed by atoms with van der Waals surface area (Å²) in [6.07, 6.45) is 0.415. The highest BCUT2D eigenvalue weighted by Gasteiger charge is 2.47. The van der Waals surface area contributed by atoms with Crippen molar-refractivity contribution in [3.05, 3.63) is 113 Å². The van der Waals surface area contributed by atoms with Crippen LogP contribution >= 0.6 is 0 Å². The molecule has 2 aromatic heterocycles. The standard InChI is InChI=1S/C51H53FN10O6/c1-29-25-33(5-6-34(29)27-53-46(65)47-55-50(58-68-47)51(2,3)4)44-37-26-32(9-13-38(37)56-57-44)31-7-10-35(11-8-31)60-19-17-30(18-20-60)28-59-21-23-61(24-22-59)39-14-12-36-42(43(39)52)49(67)62(48(36)66)40-15-16-41(63)54-45(40)64/h5-14,25-26,30,40H,15-24,27-28H2,1-4H3,(H,53,65)(H,56,57)(H,54,63,64)/i21D2,22D2,23D2,24D2. The van der Waals surface area contributed by atoms with Gasteiger partial charge in [-0.05, 0) is 96.8 Å². The number of piperazine rings is 1. The molecule has 350 valence electrons. The maximum atomic E-state index is 16.6. The molecule has 0 aliphatic carbocycles. The van der Waals surface area contributed by atoms with E-state index in [1.807, 2.05) is 87.6 Å². The van der Waals surface area contributed by atoms with Crippen molar-refractivity contribution < 1.29 is 43.9 Å². The number of nitrogens with one attached hydrogen (secondary N) is 3. The summed E-state index contributed by atoms with van der Waals surface area (Å²) >= 11 is 0. The molecule has 3 saturated heterocycles. The van der Waals surface area contributed by atoms with Crippen LogP contribution in [0, 0.1) is 18.7 Å². The van der Waals surface area contributed by atoms with Gasteiger partial charge < -0.3 is 19.6 Å². The van der Waals surface area contributed by atoms with Gasteiger partial charge in [-0.15, -0.1) is 0 Å². The second-order valence-corrected chi connectivity index (χ2v) is 18.5. The molecular formula is C51H53FN10O6. The van der Waals surface area contributed by atoms with Gasteiger partial charge in [0.15, 0.2) is 11.6 Å². The first-order valence-corrected chi connectivity index (χ1v) is 22.4. The summed E-state index contributed by atoms with van der Waals surface area (Å²) in [5.41, 5.74) is 4.38. The van der Waals surface area contributed by atoms with E-state index in [1.165, 1.54) is 0 Å². The maximum absolute atomic E-state index is 16.6. The minimum Gasteiger partial charge on any atom is -0.372 e. The van der Waals surface area contributed by atoms with E-state index in [0.717, 1.165) is 62.2 Å². The highest BCUT2D eigenvalue weighted by molar-refractivity contribution is 6.24. The zero-order valence-corrected chi connectivity index (χ0v) is 37.7. The largest absolute Gasteiger partial charge is 0.372 e. The molecule has 68 heavy (non-hydrogen) atoms. The summed E-state index contributed by atoms with van der Waals surface area (Å²) in [6.45, 7) is -4.95. The summed E-state index contributed by atoms with van der Waals surface area (Å²) in [5.74, 6) is -6.06. The quantitative estimate of drug-likeness (QED) is 0.129. The van der Waals surface area contributed by atoms with Crippen LogP contribution in [0.1, 0.15) is 106 Å². The van der Waals surface area contributed by atoms with Gasteiger partial charge >= 0.3 is 11.8 Å². The summed E-state index contributed by atoms with van der Waals surface area (Å²) in [5, 5.41) is 17.5. The fourth-order valence-corrected chi connectivity index (χ4v) is 8.99. The zero-order chi connectivity index (χ0) is 54.6. The number of hydrogen-bond acceptors (Lipinski definition) is 12. The first kappa shape index (κ1) is 35.9. The SMILES string of the molecule is [2H]C1([2H])N(CC2CCN(c3ccc(-c4ccc5[nH]nc(-c6ccc(CNC(=O)c7nc(C(C)(C)C)no7)c(C)c6)c5c4)cc3)CC2)C([2H])([2H])C([2H])([2H])N(c2ccc3c(c2F)C(=O)N(C2CCC(=O)NC2=O)C3=O)C1([2H])[2H]. The van der Waals surface area contributed by atoms with E-state index in [2.05, 4.69) is 36.6 Å². The van der Waals surface area contributed by atoms with Crippen molar-refractivity contribution in [2.24, 2.45) is 5.92 Å². The predicted octanol–water partition coefficient (Wildman–Crippen LogP) is 6.39. The Kier molecular flexibility index (Phi) is 9.36. The van der Waals surface area contributed by atoms with Gasteiger partial charge in [0.1, 0.15) is 6.04 Å². The summed E-state index contributed by atoms with van der Waals surface area (Å²) < 4.78 is 94.2. The number of aromatic amines is 1. The summed E-state index contributed by atoms with van der Waals surface area (Å²) in [6, 6.07) is 20.2. The van der Waals surface area contributed by atoms with Crippen LogP contribution in [0.15, 0.2) is 77.3 Å². The number of halogens is 1. The van der Waals surface area contributed by atoms with Crippen molar-refractivity contribution in [3.63, 3.8) is 0 Å². The first-order valence-electron chi connectivity index (χ1n) is 26.4. The zero-order valence-electron chi connectivity index (χ0n) is 45.7. The van der Waals surface area contributed by atoms with Gasteiger partial charge in [0.25, 0.3) is 11.8 Å². The molecule has 4 aromatic carbocycles. The Labute approximate surface area is 403 Å². The monoisotopic (exact) mass is 928 g/mol. The van der Waals surface area contributed by atoms with Crippen LogP contribution in [-0.2, 0) is 21.5 Å². The summed E-state index contributed by atoms with van der Waals surface area (Å²) in [7, 11) is 0. The number of carbonyl (C=O) groups is 5. The first-order chi connectivity index (χ1) is 35.7. The molecule has 6 heterocycles. The average Bonchev–Trinajstić information content (AvgIpc) is 4.15. The number of aromatic nitrogens is 4. The molecule has 3 fully saturated rings. The van der Waals surface area contributed by atoms with Crippen molar-refractivity contribution in [2.45, 2.75) is 71.4 Å². The fourth-order valence-electron chi connectivity index (χ4n) is 8.99. The van der Waals surface area contributed by atoms with E-state index >= 15 is 4.39 Å². The molecule has 3 N–H and O–H groups in total. The van der Waals surface area contributed by atoms with Crippen LogP contribution in [0.5, 0.6) is 0 Å². The number of aryl methyl sites for hydroxylation is 1. The second-order valence-electron chi connectivity index (χ2n) is 18.5. The predicted molar refractivity (Wildman–Crippen MR) is 253 cm³/mol. The van der Waals surface area contributed by atoms with E-state index in [4.69, 9.17) is 15.5 Å².